The second kappa shape index (κ2) is 4.11. The summed E-state index contributed by atoms with van der Waals surface area (Å²) in [6, 6.07) is 4.07. The predicted molar refractivity (Wildman–Crippen MR) is 50.3 cm³/mol. The zero-order valence-electron chi connectivity index (χ0n) is 7.77. The third-order valence-electron chi connectivity index (χ3n) is 2.02. The Hall–Kier alpha value is -1.55. The van der Waals surface area contributed by atoms with Crippen LogP contribution in [0.3, 0.4) is 0 Å². The van der Waals surface area contributed by atoms with E-state index in [4.69, 9.17) is 5.11 Å². The van der Waals surface area contributed by atoms with E-state index in [0.29, 0.717) is 12.0 Å². The Morgan fingerprint density at radius 1 is 1.50 bits per heavy atom. The average molecular weight is 196 g/mol. The molecule has 0 aliphatic heterocycles. The molecule has 0 bridgehead atoms. The molecular weight excluding hydrogens is 184 g/mol. The summed E-state index contributed by atoms with van der Waals surface area (Å²) in [6.07, 6.45) is -0.183. The monoisotopic (exact) mass is 196 g/mol. The molecule has 1 rings (SSSR count). The maximum absolute atomic E-state index is 10.6. The quantitative estimate of drug-likeness (QED) is 0.685. The Morgan fingerprint density at radius 3 is 2.64 bits per heavy atom. The number of aromatic carboxylic acids is 1. The van der Waals surface area contributed by atoms with Gasteiger partial charge < -0.3 is 15.3 Å². The van der Waals surface area contributed by atoms with Crippen molar-refractivity contribution in [2.24, 2.45) is 0 Å². The van der Waals surface area contributed by atoms with Crippen molar-refractivity contribution in [3.8, 4) is 5.75 Å². The molecule has 3 N–H and O–H groups in total. The number of rotatable bonds is 3. The molecule has 1 aromatic rings. The lowest BCUT2D eigenvalue weighted by atomic mass is 10.0. The highest BCUT2D eigenvalue weighted by Gasteiger charge is 2.13. The van der Waals surface area contributed by atoms with Crippen molar-refractivity contribution in [1.29, 1.82) is 0 Å². The van der Waals surface area contributed by atoms with Crippen LogP contribution in [0, 0.1) is 0 Å². The van der Waals surface area contributed by atoms with Crippen molar-refractivity contribution in [3.05, 3.63) is 29.3 Å². The summed E-state index contributed by atoms with van der Waals surface area (Å²) in [5.74, 6) is -1.49. The number of hydrogen-bond donors (Lipinski definition) is 3. The van der Waals surface area contributed by atoms with Gasteiger partial charge in [0.2, 0.25) is 0 Å². The summed E-state index contributed by atoms with van der Waals surface area (Å²) in [7, 11) is 0. The van der Waals surface area contributed by atoms with Gasteiger partial charge in [-0.15, -0.1) is 0 Å². The smallest absolute Gasteiger partial charge is 0.339 e. The molecule has 4 heteroatoms. The molecule has 14 heavy (non-hydrogen) atoms. The van der Waals surface area contributed by atoms with Crippen molar-refractivity contribution in [2.75, 3.05) is 0 Å². The van der Waals surface area contributed by atoms with Crippen LogP contribution in [-0.4, -0.2) is 21.3 Å². The van der Waals surface area contributed by atoms with Crippen LogP contribution in [0.25, 0.3) is 0 Å². The molecule has 0 radical (unpaired) electrons. The van der Waals surface area contributed by atoms with Gasteiger partial charge in [-0.3, -0.25) is 0 Å². The van der Waals surface area contributed by atoms with E-state index in [2.05, 4.69) is 0 Å². The third kappa shape index (κ3) is 2.03. The van der Waals surface area contributed by atoms with Gasteiger partial charge in [-0.05, 0) is 24.1 Å². The molecule has 0 heterocycles. The number of aromatic hydroxyl groups is 1. The van der Waals surface area contributed by atoms with Gasteiger partial charge in [0, 0.05) is 0 Å². The van der Waals surface area contributed by atoms with Gasteiger partial charge in [-0.1, -0.05) is 13.0 Å². The first kappa shape index (κ1) is 10.5. The van der Waals surface area contributed by atoms with Gasteiger partial charge in [-0.2, -0.15) is 0 Å². The Bertz CT molecular complexity index is 346. The summed E-state index contributed by atoms with van der Waals surface area (Å²) in [5.41, 5.74) is 0.317. The molecular formula is C10H12O4. The molecule has 0 spiro atoms. The Balaban J connectivity index is 3.12. The molecule has 0 saturated carbocycles. The SMILES string of the molecule is CCC(O)c1ccc(O)c(C(=O)O)c1. The summed E-state index contributed by atoms with van der Waals surface area (Å²) in [6.45, 7) is 1.79. The normalized spacial score (nSPS) is 12.4. The maximum atomic E-state index is 10.6. The van der Waals surface area contributed by atoms with E-state index in [-0.39, 0.29) is 11.3 Å². The molecule has 76 valence electrons. The minimum Gasteiger partial charge on any atom is -0.507 e. The Morgan fingerprint density at radius 2 is 2.14 bits per heavy atom. The standard InChI is InChI=1S/C10H12O4/c1-2-8(11)6-3-4-9(12)7(5-6)10(13)14/h3-5,8,11-12H,2H2,1H3,(H,13,14). The largest absolute Gasteiger partial charge is 0.507 e. The number of phenols is 1. The van der Waals surface area contributed by atoms with E-state index in [9.17, 15) is 15.0 Å². The second-order valence-electron chi connectivity index (χ2n) is 3.01. The van der Waals surface area contributed by atoms with E-state index in [0.717, 1.165) is 0 Å². The predicted octanol–water partition coefficient (Wildman–Crippen LogP) is 1.53. The highest BCUT2D eigenvalue weighted by molar-refractivity contribution is 5.90. The minimum absolute atomic E-state index is 0.185. The van der Waals surface area contributed by atoms with Crippen LogP contribution < -0.4 is 0 Å². The van der Waals surface area contributed by atoms with E-state index in [1.54, 1.807) is 6.92 Å². The third-order valence-corrected chi connectivity index (χ3v) is 2.02. The fourth-order valence-corrected chi connectivity index (χ4v) is 1.17. The topological polar surface area (TPSA) is 77.8 Å². The fraction of sp³-hybridized carbons (Fsp3) is 0.300. The maximum Gasteiger partial charge on any atom is 0.339 e. The van der Waals surface area contributed by atoms with Crippen LogP contribution >= 0.6 is 0 Å². The number of carboxylic acid groups (broad SMARTS) is 1. The molecule has 0 aliphatic rings. The van der Waals surface area contributed by atoms with Gasteiger partial charge in [-0.25, -0.2) is 4.79 Å². The molecule has 0 saturated heterocycles. The van der Waals surface area contributed by atoms with Gasteiger partial charge in [0.1, 0.15) is 11.3 Å². The first-order valence-electron chi connectivity index (χ1n) is 4.30. The molecule has 1 unspecified atom stereocenters. The van der Waals surface area contributed by atoms with Crippen LogP contribution in [0.15, 0.2) is 18.2 Å². The number of hydrogen-bond acceptors (Lipinski definition) is 3. The molecule has 1 aromatic carbocycles. The van der Waals surface area contributed by atoms with E-state index >= 15 is 0 Å². The van der Waals surface area contributed by atoms with E-state index in [1.165, 1.54) is 18.2 Å². The van der Waals surface area contributed by atoms with Gasteiger partial charge in [0.05, 0.1) is 6.10 Å². The zero-order valence-corrected chi connectivity index (χ0v) is 7.77. The second-order valence-corrected chi connectivity index (χ2v) is 3.01. The van der Waals surface area contributed by atoms with Crippen molar-refractivity contribution in [1.82, 2.24) is 0 Å². The lowest BCUT2D eigenvalue weighted by Gasteiger charge is -2.09. The van der Waals surface area contributed by atoms with Crippen molar-refractivity contribution in [2.45, 2.75) is 19.4 Å². The van der Waals surface area contributed by atoms with E-state index in [1.807, 2.05) is 0 Å². The van der Waals surface area contributed by atoms with Gasteiger partial charge in [0.15, 0.2) is 0 Å². The Kier molecular flexibility index (Phi) is 3.09. The van der Waals surface area contributed by atoms with E-state index < -0.39 is 12.1 Å². The van der Waals surface area contributed by atoms with Crippen molar-refractivity contribution in [3.63, 3.8) is 0 Å². The molecule has 0 amide bonds. The van der Waals surface area contributed by atoms with Crippen LogP contribution in [0.1, 0.15) is 35.4 Å². The van der Waals surface area contributed by atoms with Crippen LogP contribution in [0.5, 0.6) is 5.75 Å². The Labute approximate surface area is 81.4 Å². The van der Waals surface area contributed by atoms with Crippen LogP contribution in [0.4, 0.5) is 0 Å². The number of aliphatic hydroxyl groups excluding tert-OH is 1. The molecule has 4 nitrogen and oxygen atoms in total. The highest BCUT2D eigenvalue weighted by Crippen LogP contribution is 2.23. The number of carbonyl (C=O) groups is 1. The summed E-state index contributed by atoms with van der Waals surface area (Å²) < 4.78 is 0. The zero-order chi connectivity index (χ0) is 10.7. The van der Waals surface area contributed by atoms with Crippen LogP contribution in [0.2, 0.25) is 0 Å². The van der Waals surface area contributed by atoms with Crippen molar-refractivity contribution >= 4 is 5.97 Å². The average Bonchev–Trinajstić information content (AvgIpc) is 2.17. The lowest BCUT2D eigenvalue weighted by molar-refractivity contribution is 0.0693. The fourth-order valence-electron chi connectivity index (χ4n) is 1.17. The first-order valence-corrected chi connectivity index (χ1v) is 4.30. The molecule has 0 fully saturated rings. The molecule has 0 aromatic heterocycles. The number of aliphatic hydroxyl groups is 1. The summed E-state index contributed by atoms with van der Waals surface area (Å²) in [5, 5.41) is 27.4. The van der Waals surface area contributed by atoms with Crippen LogP contribution in [-0.2, 0) is 0 Å². The number of carboxylic acids is 1. The summed E-state index contributed by atoms with van der Waals surface area (Å²) in [4.78, 5) is 10.6. The van der Waals surface area contributed by atoms with Crippen molar-refractivity contribution < 1.29 is 20.1 Å². The highest BCUT2D eigenvalue weighted by atomic mass is 16.4. The molecule has 1 atom stereocenters. The summed E-state index contributed by atoms with van der Waals surface area (Å²) >= 11 is 0. The van der Waals surface area contributed by atoms with Gasteiger partial charge in [0.25, 0.3) is 0 Å². The van der Waals surface area contributed by atoms with Gasteiger partial charge >= 0.3 is 5.97 Å². The first-order chi connectivity index (χ1) is 6.56. The lowest BCUT2D eigenvalue weighted by Crippen LogP contribution is -2.01. The molecule has 0 aliphatic carbocycles. The minimum atomic E-state index is -1.20. The number of benzene rings is 1.